The van der Waals surface area contributed by atoms with Crippen LogP contribution in [0.15, 0.2) is 18.2 Å². The molecule has 13 heavy (non-hydrogen) atoms. The molecule has 0 saturated heterocycles. The first-order valence-electron chi connectivity index (χ1n) is 3.77. The number of aromatic hydroxyl groups is 1. The molecule has 0 fully saturated rings. The lowest BCUT2D eigenvalue weighted by Crippen LogP contribution is -2.07. The Labute approximate surface area is 78.2 Å². The van der Waals surface area contributed by atoms with Crippen molar-refractivity contribution < 1.29 is 13.7 Å². The van der Waals surface area contributed by atoms with Gasteiger partial charge in [0, 0.05) is 11.8 Å². The molecular weight excluding hydrogens is 193 g/mol. The van der Waals surface area contributed by atoms with Crippen molar-refractivity contribution in [2.24, 2.45) is 0 Å². The van der Waals surface area contributed by atoms with E-state index in [-0.39, 0.29) is 11.4 Å². The van der Waals surface area contributed by atoms with Crippen molar-refractivity contribution in [3.63, 3.8) is 0 Å². The second kappa shape index (κ2) is 4.23. The van der Waals surface area contributed by atoms with Crippen LogP contribution in [0.5, 0.6) is 5.75 Å². The van der Waals surface area contributed by atoms with Crippen molar-refractivity contribution in [3.8, 4) is 5.75 Å². The van der Waals surface area contributed by atoms with E-state index in [1.165, 1.54) is 12.1 Å². The molecule has 5 heteroatoms. The van der Waals surface area contributed by atoms with E-state index in [1.54, 1.807) is 6.92 Å². The molecule has 0 amide bonds. The lowest BCUT2D eigenvalue weighted by molar-refractivity contribution is 0.469. The van der Waals surface area contributed by atoms with E-state index in [9.17, 15) is 8.60 Å². The number of hydrogen-bond acceptors (Lipinski definition) is 2. The third-order valence-electron chi connectivity index (χ3n) is 1.44. The zero-order valence-electron chi connectivity index (χ0n) is 7.08. The van der Waals surface area contributed by atoms with Crippen molar-refractivity contribution in [1.82, 2.24) is 0 Å². The molecule has 1 atom stereocenters. The monoisotopic (exact) mass is 203 g/mol. The lowest BCUT2D eigenvalue weighted by atomic mass is 10.3. The van der Waals surface area contributed by atoms with E-state index >= 15 is 0 Å². The van der Waals surface area contributed by atoms with E-state index in [4.69, 9.17) is 5.11 Å². The lowest BCUT2D eigenvalue weighted by Gasteiger charge is -2.05. The van der Waals surface area contributed by atoms with Crippen LogP contribution in [0.25, 0.3) is 0 Å². The van der Waals surface area contributed by atoms with Gasteiger partial charge < -0.3 is 9.83 Å². The predicted molar refractivity (Wildman–Crippen MR) is 50.4 cm³/mol. The Morgan fingerprint density at radius 1 is 1.62 bits per heavy atom. The summed E-state index contributed by atoms with van der Waals surface area (Å²) in [6, 6.07) is 3.64. The van der Waals surface area contributed by atoms with Gasteiger partial charge in [0.2, 0.25) is 0 Å². The Bertz CT molecular complexity index is 330. The number of halogens is 1. The van der Waals surface area contributed by atoms with Gasteiger partial charge in [0.05, 0.1) is 5.69 Å². The Hall–Kier alpha value is -1.10. The first-order valence-corrected chi connectivity index (χ1v) is 5.09. The van der Waals surface area contributed by atoms with Crippen LogP contribution >= 0.6 is 0 Å². The number of benzene rings is 1. The van der Waals surface area contributed by atoms with Crippen molar-refractivity contribution in [2.75, 3.05) is 10.5 Å². The van der Waals surface area contributed by atoms with Gasteiger partial charge in [-0.25, -0.2) is 8.60 Å². The van der Waals surface area contributed by atoms with Gasteiger partial charge >= 0.3 is 0 Å². The number of nitrogens with one attached hydrogen (secondary N) is 1. The highest BCUT2D eigenvalue weighted by molar-refractivity contribution is 7.86. The zero-order chi connectivity index (χ0) is 9.84. The minimum absolute atomic E-state index is 0.137. The van der Waals surface area contributed by atoms with E-state index in [1.807, 2.05) is 0 Å². The van der Waals surface area contributed by atoms with E-state index < -0.39 is 16.8 Å². The van der Waals surface area contributed by atoms with Crippen LogP contribution in [-0.2, 0) is 11.0 Å². The summed E-state index contributed by atoms with van der Waals surface area (Å²) in [5, 5.41) is 8.89. The molecule has 3 nitrogen and oxygen atoms in total. The summed E-state index contributed by atoms with van der Waals surface area (Å²) >= 11 is 0. The van der Waals surface area contributed by atoms with Gasteiger partial charge in [0.15, 0.2) is 5.82 Å². The van der Waals surface area contributed by atoms with E-state index in [2.05, 4.69) is 4.72 Å². The van der Waals surface area contributed by atoms with Crippen LogP contribution in [0.3, 0.4) is 0 Å². The second-order valence-electron chi connectivity index (χ2n) is 2.40. The highest BCUT2D eigenvalue weighted by Crippen LogP contribution is 2.19. The minimum Gasteiger partial charge on any atom is -0.508 e. The molecule has 0 bridgehead atoms. The Balaban J connectivity index is 2.83. The first kappa shape index (κ1) is 9.98. The number of rotatable bonds is 3. The zero-order valence-corrected chi connectivity index (χ0v) is 7.90. The highest BCUT2D eigenvalue weighted by atomic mass is 32.2. The van der Waals surface area contributed by atoms with Gasteiger partial charge in [0.25, 0.3) is 0 Å². The van der Waals surface area contributed by atoms with Crippen molar-refractivity contribution in [2.45, 2.75) is 6.92 Å². The largest absolute Gasteiger partial charge is 0.508 e. The minimum atomic E-state index is -1.27. The molecule has 0 aromatic heterocycles. The van der Waals surface area contributed by atoms with Gasteiger partial charge in [-0.05, 0) is 12.1 Å². The quantitative estimate of drug-likeness (QED) is 0.733. The maximum atomic E-state index is 13.0. The van der Waals surface area contributed by atoms with Crippen molar-refractivity contribution in [3.05, 3.63) is 24.0 Å². The molecule has 0 aliphatic rings. The van der Waals surface area contributed by atoms with Gasteiger partial charge in [-0.1, -0.05) is 6.92 Å². The fourth-order valence-corrected chi connectivity index (χ4v) is 1.34. The molecule has 1 aromatic carbocycles. The normalized spacial score (nSPS) is 12.5. The molecule has 1 unspecified atom stereocenters. The summed E-state index contributed by atoms with van der Waals surface area (Å²) in [5.41, 5.74) is 0.137. The average molecular weight is 203 g/mol. The van der Waals surface area contributed by atoms with Crippen LogP contribution in [0.2, 0.25) is 0 Å². The van der Waals surface area contributed by atoms with Gasteiger partial charge in [-0.2, -0.15) is 0 Å². The Morgan fingerprint density at radius 3 is 2.85 bits per heavy atom. The molecule has 0 aliphatic carbocycles. The smallest absolute Gasteiger partial charge is 0.150 e. The molecule has 0 heterocycles. The Morgan fingerprint density at radius 2 is 2.31 bits per heavy atom. The topological polar surface area (TPSA) is 49.3 Å². The van der Waals surface area contributed by atoms with Gasteiger partial charge in [-0.3, -0.25) is 0 Å². The highest BCUT2D eigenvalue weighted by Gasteiger charge is 2.04. The maximum Gasteiger partial charge on any atom is 0.150 e. The van der Waals surface area contributed by atoms with E-state index in [0.29, 0.717) is 5.75 Å². The molecular formula is C8H10FNO2S. The fraction of sp³-hybridized carbons (Fsp3) is 0.250. The third-order valence-corrected chi connectivity index (χ3v) is 2.41. The number of anilines is 1. The van der Waals surface area contributed by atoms with Crippen molar-refractivity contribution in [1.29, 1.82) is 0 Å². The predicted octanol–water partition coefficient (Wildman–Crippen LogP) is 1.63. The summed E-state index contributed by atoms with van der Waals surface area (Å²) in [6.07, 6.45) is 0. The van der Waals surface area contributed by atoms with E-state index in [0.717, 1.165) is 6.07 Å². The fourth-order valence-electron chi connectivity index (χ4n) is 0.782. The van der Waals surface area contributed by atoms with Crippen molar-refractivity contribution >= 4 is 16.7 Å². The Kier molecular flexibility index (Phi) is 3.25. The third kappa shape index (κ3) is 2.69. The summed E-state index contributed by atoms with van der Waals surface area (Å²) in [5.74, 6) is -0.354. The number of phenols is 1. The van der Waals surface area contributed by atoms with Crippen LogP contribution < -0.4 is 4.72 Å². The molecule has 1 rings (SSSR count). The molecule has 0 radical (unpaired) electrons. The molecule has 0 spiro atoms. The average Bonchev–Trinajstić information content (AvgIpc) is 2.09. The van der Waals surface area contributed by atoms with Gasteiger partial charge in [-0.15, -0.1) is 0 Å². The molecule has 72 valence electrons. The molecule has 1 aromatic rings. The second-order valence-corrected chi connectivity index (χ2v) is 3.87. The molecule has 0 saturated carbocycles. The summed E-state index contributed by atoms with van der Waals surface area (Å²) in [4.78, 5) is 0. The number of phenolic OH excluding ortho intramolecular Hbond substituents is 1. The SMILES string of the molecule is CCS(=O)Nc1ccc(O)cc1F. The molecule has 0 aliphatic heterocycles. The van der Waals surface area contributed by atoms with Crippen LogP contribution in [0.1, 0.15) is 6.92 Å². The summed E-state index contributed by atoms with van der Waals surface area (Å²) in [6.45, 7) is 1.72. The number of hydrogen-bond donors (Lipinski definition) is 2. The first-order chi connectivity index (χ1) is 6.13. The standard InChI is InChI=1S/C8H10FNO2S/c1-2-13(12)10-8-4-3-6(11)5-7(8)9/h3-5,10-11H,2H2,1H3. The summed E-state index contributed by atoms with van der Waals surface area (Å²) in [7, 11) is -1.27. The van der Waals surface area contributed by atoms with Gasteiger partial charge in [0.1, 0.15) is 16.7 Å². The molecule has 2 N–H and O–H groups in total. The van der Waals surface area contributed by atoms with Crippen LogP contribution in [-0.4, -0.2) is 15.1 Å². The summed E-state index contributed by atoms with van der Waals surface area (Å²) < 4.78 is 26.5. The maximum absolute atomic E-state index is 13.0. The van der Waals surface area contributed by atoms with Crippen LogP contribution in [0.4, 0.5) is 10.1 Å². The van der Waals surface area contributed by atoms with Crippen LogP contribution in [0, 0.1) is 5.82 Å².